The largest absolute Gasteiger partial charge is 0.450 e. The Labute approximate surface area is 133 Å². The van der Waals surface area contributed by atoms with Gasteiger partial charge in [-0.1, -0.05) is 0 Å². The highest BCUT2D eigenvalue weighted by molar-refractivity contribution is 5.88. The number of nitrogens with one attached hydrogen (secondary N) is 1. The second-order valence-corrected chi connectivity index (χ2v) is 4.60. The third kappa shape index (κ3) is 4.18. The zero-order valence-electron chi connectivity index (χ0n) is 12.1. The van der Waals surface area contributed by atoms with Gasteiger partial charge in [0.15, 0.2) is 0 Å². The van der Waals surface area contributed by atoms with Crippen molar-refractivity contribution in [3.05, 3.63) is 52.3 Å². The maximum absolute atomic E-state index is 12.7. The Morgan fingerprint density at radius 1 is 1.29 bits per heavy atom. The summed E-state index contributed by atoms with van der Waals surface area (Å²) in [4.78, 5) is 23.9. The number of pyridine rings is 1. The average molecular weight is 341 g/mol. The first-order valence-electron chi connectivity index (χ1n) is 6.44. The lowest BCUT2D eigenvalue weighted by atomic mass is 10.2. The van der Waals surface area contributed by atoms with Crippen LogP contribution in [0.3, 0.4) is 0 Å². The van der Waals surface area contributed by atoms with Crippen LogP contribution in [0.4, 0.5) is 24.5 Å². The number of nitrogens with zero attached hydrogens (tertiary/aromatic N) is 2. The topological polar surface area (TPSA) is 94.4 Å². The number of hydrogen-bond donors (Lipinski definition) is 1. The van der Waals surface area contributed by atoms with Crippen LogP contribution in [0.15, 0.2) is 36.5 Å². The standard InChI is InChI=1S/C14H10F3N3O4/c1-8(21)19-9-2-4-10(5-3-9)24-12-6-13(14(15,16)17)18-7-11(12)20(22)23/h2-7H,1H3,(H,19,21). The lowest BCUT2D eigenvalue weighted by Gasteiger charge is -2.10. The van der Waals surface area contributed by atoms with Crippen LogP contribution >= 0.6 is 0 Å². The molecule has 0 aliphatic rings. The van der Waals surface area contributed by atoms with Crippen molar-refractivity contribution in [2.24, 2.45) is 0 Å². The summed E-state index contributed by atoms with van der Waals surface area (Å²) in [5.41, 5.74) is -1.57. The predicted molar refractivity (Wildman–Crippen MR) is 76.7 cm³/mol. The highest BCUT2D eigenvalue weighted by atomic mass is 19.4. The number of carbonyl (C=O) groups excluding carboxylic acids is 1. The zero-order chi connectivity index (χ0) is 17.9. The number of alkyl halides is 3. The van der Waals surface area contributed by atoms with Gasteiger partial charge >= 0.3 is 11.9 Å². The number of ether oxygens (including phenoxy) is 1. The number of rotatable bonds is 4. The number of hydrogen-bond acceptors (Lipinski definition) is 5. The van der Waals surface area contributed by atoms with Crippen molar-refractivity contribution in [1.82, 2.24) is 4.98 Å². The molecule has 0 aliphatic carbocycles. The van der Waals surface area contributed by atoms with Gasteiger partial charge in [-0.25, -0.2) is 4.98 Å². The fourth-order valence-electron chi connectivity index (χ4n) is 1.74. The van der Waals surface area contributed by atoms with Crippen LogP contribution < -0.4 is 10.1 Å². The Kier molecular flexibility index (Phi) is 4.67. The molecule has 0 saturated carbocycles. The van der Waals surface area contributed by atoms with Gasteiger partial charge in [-0.15, -0.1) is 0 Å². The molecule has 1 amide bonds. The Hall–Kier alpha value is -3.17. The van der Waals surface area contributed by atoms with E-state index in [2.05, 4.69) is 10.3 Å². The van der Waals surface area contributed by atoms with Gasteiger partial charge in [0.05, 0.1) is 4.92 Å². The molecule has 1 N–H and O–H groups in total. The maximum Gasteiger partial charge on any atom is 0.433 e. The molecule has 7 nitrogen and oxygen atoms in total. The van der Waals surface area contributed by atoms with Crippen molar-refractivity contribution in [3.8, 4) is 11.5 Å². The normalized spacial score (nSPS) is 11.0. The number of anilines is 1. The Morgan fingerprint density at radius 2 is 1.92 bits per heavy atom. The fraction of sp³-hybridized carbons (Fsp3) is 0.143. The molecule has 0 unspecified atom stereocenters. The molecule has 0 saturated heterocycles. The van der Waals surface area contributed by atoms with Crippen LogP contribution in [0.1, 0.15) is 12.6 Å². The van der Waals surface area contributed by atoms with E-state index >= 15 is 0 Å². The molecule has 0 bridgehead atoms. The lowest BCUT2D eigenvalue weighted by Crippen LogP contribution is -2.09. The van der Waals surface area contributed by atoms with E-state index < -0.39 is 28.2 Å². The van der Waals surface area contributed by atoms with Gasteiger partial charge in [0.25, 0.3) is 0 Å². The predicted octanol–water partition coefficient (Wildman–Crippen LogP) is 3.76. The minimum atomic E-state index is -4.76. The molecule has 24 heavy (non-hydrogen) atoms. The molecule has 0 aliphatic heterocycles. The molecule has 1 aromatic carbocycles. The first kappa shape index (κ1) is 17.2. The van der Waals surface area contributed by atoms with Crippen LogP contribution in [0.25, 0.3) is 0 Å². The first-order chi connectivity index (χ1) is 11.2. The van der Waals surface area contributed by atoms with Gasteiger partial charge in [-0.3, -0.25) is 14.9 Å². The van der Waals surface area contributed by atoms with Crippen LogP contribution in [0, 0.1) is 10.1 Å². The van der Waals surface area contributed by atoms with E-state index in [1.54, 1.807) is 0 Å². The highest BCUT2D eigenvalue weighted by Gasteiger charge is 2.34. The van der Waals surface area contributed by atoms with Gasteiger partial charge in [0.2, 0.25) is 11.7 Å². The van der Waals surface area contributed by atoms with Gasteiger partial charge in [-0.05, 0) is 24.3 Å². The summed E-state index contributed by atoms with van der Waals surface area (Å²) >= 11 is 0. The van der Waals surface area contributed by atoms with Crippen molar-refractivity contribution in [3.63, 3.8) is 0 Å². The van der Waals surface area contributed by atoms with Crippen molar-refractivity contribution >= 4 is 17.3 Å². The monoisotopic (exact) mass is 341 g/mol. The van der Waals surface area contributed by atoms with Gasteiger partial charge in [0.1, 0.15) is 17.6 Å². The molecule has 10 heteroatoms. The molecular formula is C14H10F3N3O4. The van der Waals surface area contributed by atoms with Crippen LogP contribution in [-0.2, 0) is 11.0 Å². The zero-order valence-corrected chi connectivity index (χ0v) is 12.1. The molecule has 0 fully saturated rings. The van der Waals surface area contributed by atoms with E-state index in [-0.39, 0.29) is 11.7 Å². The molecule has 0 radical (unpaired) electrons. The van der Waals surface area contributed by atoms with E-state index in [9.17, 15) is 28.1 Å². The van der Waals surface area contributed by atoms with Crippen molar-refractivity contribution < 1.29 is 27.6 Å². The Morgan fingerprint density at radius 3 is 2.42 bits per heavy atom. The summed E-state index contributed by atoms with van der Waals surface area (Å²) in [5.74, 6) is -0.829. The molecule has 0 spiro atoms. The lowest BCUT2D eigenvalue weighted by molar-refractivity contribution is -0.386. The molecule has 2 rings (SSSR count). The molecule has 126 valence electrons. The van der Waals surface area contributed by atoms with E-state index in [1.165, 1.54) is 31.2 Å². The molecular weight excluding hydrogens is 331 g/mol. The minimum Gasteiger partial charge on any atom is -0.450 e. The number of amides is 1. The van der Waals surface area contributed by atoms with E-state index in [1.807, 2.05) is 0 Å². The number of halogens is 3. The summed E-state index contributed by atoms with van der Waals surface area (Å²) in [6.45, 7) is 1.31. The quantitative estimate of drug-likeness (QED) is 0.675. The Bertz CT molecular complexity index is 776. The second-order valence-electron chi connectivity index (χ2n) is 4.60. The van der Waals surface area contributed by atoms with Gasteiger partial charge < -0.3 is 10.1 Å². The van der Waals surface area contributed by atoms with Crippen LogP contribution in [-0.4, -0.2) is 15.8 Å². The second kappa shape index (κ2) is 6.52. The number of benzene rings is 1. The van der Waals surface area contributed by atoms with Gasteiger partial charge in [-0.2, -0.15) is 13.2 Å². The van der Waals surface area contributed by atoms with E-state index in [0.717, 1.165) is 0 Å². The summed E-state index contributed by atoms with van der Waals surface area (Å²) in [6.07, 6.45) is -4.27. The smallest absolute Gasteiger partial charge is 0.433 e. The first-order valence-corrected chi connectivity index (χ1v) is 6.44. The molecule has 2 aromatic rings. The summed E-state index contributed by atoms with van der Waals surface area (Å²) < 4.78 is 43.2. The maximum atomic E-state index is 12.7. The van der Waals surface area contributed by atoms with Crippen LogP contribution in [0.2, 0.25) is 0 Å². The van der Waals surface area contributed by atoms with Crippen molar-refractivity contribution in [2.75, 3.05) is 5.32 Å². The summed E-state index contributed by atoms with van der Waals surface area (Å²) in [5, 5.41) is 13.4. The summed E-state index contributed by atoms with van der Waals surface area (Å²) in [7, 11) is 0. The SMILES string of the molecule is CC(=O)Nc1ccc(Oc2cc(C(F)(F)F)ncc2[N+](=O)[O-])cc1. The number of aromatic nitrogens is 1. The third-order valence-corrected chi connectivity index (χ3v) is 2.74. The van der Waals surface area contributed by atoms with Crippen LogP contribution in [0.5, 0.6) is 11.5 Å². The van der Waals surface area contributed by atoms with Crippen molar-refractivity contribution in [1.29, 1.82) is 0 Å². The molecule has 0 atom stereocenters. The average Bonchev–Trinajstić information content (AvgIpc) is 2.47. The molecule has 1 aromatic heterocycles. The minimum absolute atomic E-state index is 0.0616. The van der Waals surface area contributed by atoms with Gasteiger partial charge in [0, 0.05) is 18.7 Å². The van der Waals surface area contributed by atoms with Crippen molar-refractivity contribution in [2.45, 2.75) is 13.1 Å². The highest BCUT2D eigenvalue weighted by Crippen LogP contribution is 2.36. The third-order valence-electron chi connectivity index (χ3n) is 2.74. The summed E-state index contributed by atoms with van der Waals surface area (Å²) in [6, 6.07) is 6.04. The number of carbonyl (C=O) groups is 1. The van der Waals surface area contributed by atoms with E-state index in [0.29, 0.717) is 18.0 Å². The Balaban J connectivity index is 2.33. The number of nitro groups is 1. The molecule has 1 heterocycles. The fourth-order valence-corrected chi connectivity index (χ4v) is 1.74. The van der Waals surface area contributed by atoms with E-state index in [4.69, 9.17) is 4.74 Å².